The first-order valence-electron chi connectivity index (χ1n) is 7.89. The normalized spacial score (nSPS) is 14.7. The summed E-state index contributed by atoms with van der Waals surface area (Å²) in [4.78, 5) is 23.1. The molecular weight excluding hydrogens is 316 g/mol. The van der Waals surface area contributed by atoms with Crippen molar-refractivity contribution in [2.75, 3.05) is 19.7 Å². The number of hydrogen-bond acceptors (Lipinski definition) is 4. The van der Waals surface area contributed by atoms with Crippen LogP contribution in [0.1, 0.15) is 43.0 Å². The number of rotatable bonds is 7. The summed E-state index contributed by atoms with van der Waals surface area (Å²) in [6.07, 6.45) is 3.14. The molecule has 0 saturated carbocycles. The molecule has 128 valence electrons. The fraction of sp³-hybridized carbons (Fsp3) is 0.529. The van der Waals surface area contributed by atoms with Crippen molar-refractivity contribution >= 4 is 24.1 Å². The molecule has 1 aliphatic heterocycles. The van der Waals surface area contributed by atoms with Gasteiger partial charge in [0.1, 0.15) is 5.75 Å². The number of halogens is 1. The van der Waals surface area contributed by atoms with E-state index in [1.165, 1.54) is 6.92 Å². The third kappa shape index (κ3) is 7.01. The van der Waals surface area contributed by atoms with E-state index in [1.54, 1.807) is 18.2 Å². The van der Waals surface area contributed by atoms with Crippen molar-refractivity contribution in [3.63, 3.8) is 0 Å². The molecule has 1 amide bonds. The van der Waals surface area contributed by atoms with E-state index in [-0.39, 0.29) is 24.1 Å². The smallest absolute Gasteiger partial charge is 0.220 e. The van der Waals surface area contributed by atoms with Crippen molar-refractivity contribution in [3.05, 3.63) is 29.8 Å². The predicted molar refractivity (Wildman–Crippen MR) is 92.5 cm³/mol. The Hall–Kier alpha value is -1.59. The Kier molecular flexibility index (Phi) is 8.66. The number of amides is 1. The third-order valence-corrected chi connectivity index (χ3v) is 3.76. The van der Waals surface area contributed by atoms with Crippen molar-refractivity contribution < 1.29 is 14.3 Å². The highest BCUT2D eigenvalue weighted by molar-refractivity contribution is 5.94. The molecule has 1 aromatic carbocycles. The van der Waals surface area contributed by atoms with E-state index < -0.39 is 0 Å². The van der Waals surface area contributed by atoms with Crippen LogP contribution in [0.15, 0.2) is 24.3 Å². The van der Waals surface area contributed by atoms with Gasteiger partial charge in [0.2, 0.25) is 5.91 Å². The molecular formula is C17H25ClN2O3. The molecule has 2 N–H and O–H groups in total. The molecule has 1 aliphatic rings. The maximum absolute atomic E-state index is 11.8. The van der Waals surface area contributed by atoms with Crippen LogP contribution < -0.4 is 15.4 Å². The maximum Gasteiger partial charge on any atom is 0.220 e. The van der Waals surface area contributed by atoms with Gasteiger partial charge in [-0.2, -0.15) is 0 Å². The minimum Gasteiger partial charge on any atom is -0.494 e. The summed E-state index contributed by atoms with van der Waals surface area (Å²) >= 11 is 0. The average molecular weight is 341 g/mol. The van der Waals surface area contributed by atoms with E-state index in [0.717, 1.165) is 25.9 Å². The van der Waals surface area contributed by atoms with E-state index >= 15 is 0 Å². The van der Waals surface area contributed by atoms with Gasteiger partial charge in [0, 0.05) is 18.0 Å². The SMILES string of the molecule is CC(=O)c1cccc(OCCCC(=O)NC2CCNCC2)c1.Cl. The fourth-order valence-corrected chi connectivity index (χ4v) is 2.49. The van der Waals surface area contributed by atoms with Crippen LogP contribution in [-0.2, 0) is 4.79 Å². The van der Waals surface area contributed by atoms with Crippen LogP contribution in [0.4, 0.5) is 0 Å². The van der Waals surface area contributed by atoms with Crippen LogP contribution in [0.25, 0.3) is 0 Å². The van der Waals surface area contributed by atoms with Gasteiger partial charge in [-0.25, -0.2) is 0 Å². The number of Topliss-reactive ketones (excluding diaryl/α,β-unsaturated/α-hetero) is 1. The Bertz CT molecular complexity index is 516. The Labute approximate surface area is 143 Å². The van der Waals surface area contributed by atoms with E-state index in [2.05, 4.69) is 10.6 Å². The van der Waals surface area contributed by atoms with Gasteiger partial charge in [-0.1, -0.05) is 12.1 Å². The number of piperidine rings is 1. The Morgan fingerprint density at radius 2 is 2.04 bits per heavy atom. The van der Waals surface area contributed by atoms with Crippen LogP contribution in [-0.4, -0.2) is 37.4 Å². The molecule has 0 unspecified atom stereocenters. The van der Waals surface area contributed by atoms with Crippen LogP contribution in [0.5, 0.6) is 5.75 Å². The Morgan fingerprint density at radius 3 is 2.74 bits per heavy atom. The molecule has 1 aromatic rings. The monoisotopic (exact) mass is 340 g/mol. The van der Waals surface area contributed by atoms with E-state index in [9.17, 15) is 9.59 Å². The van der Waals surface area contributed by atoms with Gasteiger partial charge < -0.3 is 15.4 Å². The molecule has 0 aromatic heterocycles. The zero-order valence-corrected chi connectivity index (χ0v) is 14.3. The van der Waals surface area contributed by atoms with Gasteiger partial charge in [-0.15, -0.1) is 12.4 Å². The van der Waals surface area contributed by atoms with Gasteiger partial charge in [-0.05, 0) is 51.4 Å². The summed E-state index contributed by atoms with van der Waals surface area (Å²) in [5, 5.41) is 6.34. The topological polar surface area (TPSA) is 67.4 Å². The van der Waals surface area contributed by atoms with Crippen molar-refractivity contribution in [2.45, 2.75) is 38.6 Å². The van der Waals surface area contributed by atoms with E-state index in [0.29, 0.717) is 36.8 Å². The first-order valence-corrected chi connectivity index (χ1v) is 7.89. The minimum atomic E-state index is 0. The molecule has 2 rings (SSSR count). The molecule has 5 nitrogen and oxygen atoms in total. The van der Waals surface area contributed by atoms with Crippen molar-refractivity contribution in [2.24, 2.45) is 0 Å². The molecule has 6 heteroatoms. The molecule has 0 bridgehead atoms. The second kappa shape index (κ2) is 10.2. The predicted octanol–water partition coefficient (Wildman–Crippen LogP) is 2.34. The number of hydrogen-bond donors (Lipinski definition) is 2. The molecule has 0 atom stereocenters. The van der Waals surface area contributed by atoms with Gasteiger partial charge in [0.05, 0.1) is 6.61 Å². The molecule has 1 saturated heterocycles. The molecule has 0 aliphatic carbocycles. The maximum atomic E-state index is 11.8. The highest BCUT2D eigenvalue weighted by Gasteiger charge is 2.14. The first kappa shape index (κ1) is 19.5. The Balaban J connectivity index is 0.00000264. The summed E-state index contributed by atoms with van der Waals surface area (Å²) in [5.41, 5.74) is 0.640. The highest BCUT2D eigenvalue weighted by Crippen LogP contribution is 2.14. The minimum absolute atomic E-state index is 0. The highest BCUT2D eigenvalue weighted by atomic mass is 35.5. The van der Waals surface area contributed by atoms with Gasteiger partial charge in [-0.3, -0.25) is 9.59 Å². The van der Waals surface area contributed by atoms with Gasteiger partial charge in [0.15, 0.2) is 5.78 Å². The van der Waals surface area contributed by atoms with Gasteiger partial charge in [0.25, 0.3) is 0 Å². The molecule has 1 fully saturated rings. The second-order valence-corrected chi connectivity index (χ2v) is 5.63. The first-order chi connectivity index (χ1) is 10.6. The fourth-order valence-electron chi connectivity index (χ4n) is 2.49. The largest absolute Gasteiger partial charge is 0.494 e. The van der Waals surface area contributed by atoms with Crippen LogP contribution in [0, 0.1) is 0 Å². The summed E-state index contributed by atoms with van der Waals surface area (Å²) in [7, 11) is 0. The van der Waals surface area contributed by atoms with E-state index in [1.807, 2.05) is 6.07 Å². The van der Waals surface area contributed by atoms with E-state index in [4.69, 9.17) is 4.74 Å². The lowest BCUT2D eigenvalue weighted by Crippen LogP contribution is -2.42. The third-order valence-electron chi connectivity index (χ3n) is 3.76. The summed E-state index contributed by atoms with van der Waals surface area (Å²) in [5.74, 6) is 0.784. The average Bonchev–Trinajstić information content (AvgIpc) is 2.53. The lowest BCUT2D eigenvalue weighted by atomic mass is 10.1. The molecule has 0 radical (unpaired) electrons. The number of nitrogens with one attached hydrogen (secondary N) is 2. The lowest BCUT2D eigenvalue weighted by Gasteiger charge is -2.23. The molecule has 23 heavy (non-hydrogen) atoms. The summed E-state index contributed by atoms with van der Waals surface area (Å²) in [6, 6.07) is 7.43. The Morgan fingerprint density at radius 1 is 1.30 bits per heavy atom. The lowest BCUT2D eigenvalue weighted by molar-refractivity contribution is -0.122. The number of ketones is 1. The number of carbonyl (C=O) groups excluding carboxylic acids is 2. The standard InChI is InChI=1S/C17H24N2O3.ClH/c1-13(20)14-4-2-5-16(12-14)22-11-3-6-17(21)19-15-7-9-18-10-8-15;/h2,4-5,12,15,18H,3,6-11H2,1H3,(H,19,21);1H. The molecule has 0 spiro atoms. The zero-order valence-electron chi connectivity index (χ0n) is 13.5. The summed E-state index contributed by atoms with van der Waals surface area (Å²) < 4.78 is 5.59. The van der Waals surface area contributed by atoms with Crippen molar-refractivity contribution in [1.82, 2.24) is 10.6 Å². The van der Waals surface area contributed by atoms with Crippen LogP contribution >= 0.6 is 12.4 Å². The van der Waals surface area contributed by atoms with Crippen molar-refractivity contribution in [3.8, 4) is 5.75 Å². The van der Waals surface area contributed by atoms with Crippen LogP contribution in [0.3, 0.4) is 0 Å². The number of benzene rings is 1. The quantitative estimate of drug-likeness (QED) is 0.590. The van der Waals surface area contributed by atoms with Gasteiger partial charge >= 0.3 is 0 Å². The number of ether oxygens (including phenoxy) is 1. The van der Waals surface area contributed by atoms with Crippen molar-refractivity contribution in [1.29, 1.82) is 0 Å². The molecule has 1 heterocycles. The number of carbonyl (C=O) groups is 2. The zero-order chi connectivity index (χ0) is 15.8. The second-order valence-electron chi connectivity index (χ2n) is 5.63. The van der Waals surface area contributed by atoms with Crippen LogP contribution in [0.2, 0.25) is 0 Å². The summed E-state index contributed by atoms with van der Waals surface area (Å²) in [6.45, 7) is 3.95.